The number of benzene rings is 1. The Balaban J connectivity index is 1.89. The summed E-state index contributed by atoms with van der Waals surface area (Å²) in [5.41, 5.74) is 1.13. The van der Waals surface area contributed by atoms with Crippen LogP contribution in [0.1, 0.15) is 59.2 Å². The molecule has 0 bridgehead atoms. The molecule has 0 saturated heterocycles. The smallest absolute Gasteiger partial charge is 0.211 e. The lowest BCUT2D eigenvalue weighted by Crippen LogP contribution is -2.35. The van der Waals surface area contributed by atoms with E-state index in [0.29, 0.717) is 11.1 Å². The van der Waals surface area contributed by atoms with Crippen LogP contribution in [0.25, 0.3) is 0 Å². The van der Waals surface area contributed by atoms with Crippen LogP contribution in [0.2, 0.25) is 0 Å². The van der Waals surface area contributed by atoms with Gasteiger partial charge >= 0.3 is 0 Å². The SMILES string of the molecule is O=C1C(Cl)=C(NC2CCCCCC2)C(=O)c2ccccc21. The van der Waals surface area contributed by atoms with E-state index < -0.39 is 0 Å². The second kappa shape index (κ2) is 6.02. The van der Waals surface area contributed by atoms with Gasteiger partial charge in [0.2, 0.25) is 11.6 Å². The molecule has 1 N–H and O–H groups in total. The Hall–Kier alpha value is -1.61. The fourth-order valence-electron chi connectivity index (χ4n) is 3.10. The van der Waals surface area contributed by atoms with Crippen LogP contribution >= 0.6 is 11.6 Å². The summed E-state index contributed by atoms with van der Waals surface area (Å²) in [6, 6.07) is 7.09. The first-order valence-corrected chi connectivity index (χ1v) is 7.91. The van der Waals surface area contributed by atoms with Gasteiger partial charge in [0.15, 0.2) is 0 Å². The van der Waals surface area contributed by atoms with E-state index in [1.165, 1.54) is 12.8 Å². The van der Waals surface area contributed by atoms with E-state index in [9.17, 15) is 9.59 Å². The summed E-state index contributed by atoms with van der Waals surface area (Å²) >= 11 is 6.16. The lowest BCUT2D eigenvalue weighted by atomic mass is 9.92. The van der Waals surface area contributed by atoms with Crippen molar-refractivity contribution in [3.8, 4) is 0 Å². The number of halogens is 1. The molecule has 0 amide bonds. The van der Waals surface area contributed by atoms with Gasteiger partial charge in [-0.15, -0.1) is 0 Å². The van der Waals surface area contributed by atoms with Crippen LogP contribution in [0.5, 0.6) is 0 Å². The van der Waals surface area contributed by atoms with Crippen molar-refractivity contribution in [1.82, 2.24) is 5.32 Å². The molecule has 1 saturated carbocycles. The molecule has 0 unspecified atom stereocenters. The lowest BCUT2D eigenvalue weighted by molar-refractivity contribution is 0.0972. The molecule has 110 valence electrons. The van der Waals surface area contributed by atoms with Crippen molar-refractivity contribution in [1.29, 1.82) is 0 Å². The van der Waals surface area contributed by atoms with Gasteiger partial charge in [-0.1, -0.05) is 61.5 Å². The van der Waals surface area contributed by atoms with Crippen LogP contribution in [0.3, 0.4) is 0 Å². The first-order chi connectivity index (χ1) is 10.2. The van der Waals surface area contributed by atoms with Crippen molar-refractivity contribution in [2.75, 3.05) is 0 Å². The summed E-state index contributed by atoms with van der Waals surface area (Å²) in [7, 11) is 0. The average molecular weight is 304 g/mol. The zero-order chi connectivity index (χ0) is 14.8. The molecule has 0 aromatic heterocycles. The van der Waals surface area contributed by atoms with E-state index in [4.69, 9.17) is 11.6 Å². The summed E-state index contributed by atoms with van der Waals surface area (Å²) < 4.78 is 0. The number of ketones is 2. The second-order valence-corrected chi connectivity index (χ2v) is 6.10. The Kier molecular flexibility index (Phi) is 4.11. The van der Waals surface area contributed by atoms with Gasteiger partial charge in [-0.2, -0.15) is 0 Å². The number of allylic oxidation sites excluding steroid dienone is 2. The van der Waals surface area contributed by atoms with Crippen LogP contribution in [-0.4, -0.2) is 17.6 Å². The first-order valence-electron chi connectivity index (χ1n) is 7.53. The Morgan fingerprint density at radius 1 is 0.905 bits per heavy atom. The average Bonchev–Trinajstić information content (AvgIpc) is 2.78. The van der Waals surface area contributed by atoms with Crippen LogP contribution in [0, 0.1) is 0 Å². The molecule has 0 spiro atoms. The Morgan fingerprint density at radius 3 is 2.10 bits per heavy atom. The first kappa shape index (κ1) is 14.3. The summed E-state index contributed by atoms with van der Waals surface area (Å²) in [6.45, 7) is 0. The Labute approximate surface area is 129 Å². The zero-order valence-corrected chi connectivity index (χ0v) is 12.6. The van der Waals surface area contributed by atoms with Crippen LogP contribution in [0.15, 0.2) is 35.0 Å². The molecule has 21 heavy (non-hydrogen) atoms. The summed E-state index contributed by atoms with van der Waals surface area (Å²) in [5, 5.41) is 3.28. The van der Waals surface area contributed by atoms with Crippen molar-refractivity contribution in [3.05, 3.63) is 46.1 Å². The number of hydrogen-bond donors (Lipinski definition) is 1. The molecule has 3 rings (SSSR count). The molecule has 0 radical (unpaired) electrons. The fraction of sp³-hybridized carbons (Fsp3) is 0.412. The third-order valence-electron chi connectivity index (χ3n) is 4.27. The molecule has 2 aliphatic carbocycles. The molecular weight excluding hydrogens is 286 g/mol. The van der Waals surface area contributed by atoms with Gasteiger partial charge in [-0.05, 0) is 12.8 Å². The monoisotopic (exact) mass is 303 g/mol. The highest BCUT2D eigenvalue weighted by atomic mass is 35.5. The molecule has 1 fully saturated rings. The second-order valence-electron chi connectivity index (χ2n) is 5.73. The van der Waals surface area contributed by atoms with Gasteiger partial charge in [0, 0.05) is 17.2 Å². The van der Waals surface area contributed by atoms with E-state index in [2.05, 4.69) is 5.32 Å². The van der Waals surface area contributed by atoms with E-state index in [1.54, 1.807) is 24.3 Å². The summed E-state index contributed by atoms with van der Waals surface area (Å²) in [5.74, 6) is -0.428. The number of fused-ring (bicyclic) bond motifs is 1. The quantitative estimate of drug-likeness (QED) is 0.845. The predicted octanol–water partition coefficient (Wildman–Crippen LogP) is 3.83. The predicted molar refractivity (Wildman–Crippen MR) is 82.6 cm³/mol. The maximum absolute atomic E-state index is 12.6. The van der Waals surface area contributed by atoms with Crippen LogP contribution in [0.4, 0.5) is 0 Å². The molecule has 0 atom stereocenters. The third-order valence-corrected chi connectivity index (χ3v) is 4.63. The van der Waals surface area contributed by atoms with Gasteiger partial charge in [0.25, 0.3) is 0 Å². The number of carbonyl (C=O) groups excluding carboxylic acids is 2. The maximum Gasteiger partial charge on any atom is 0.211 e. The Morgan fingerprint density at radius 2 is 1.48 bits per heavy atom. The lowest BCUT2D eigenvalue weighted by Gasteiger charge is -2.23. The van der Waals surface area contributed by atoms with E-state index >= 15 is 0 Å². The fourth-order valence-corrected chi connectivity index (χ4v) is 3.34. The van der Waals surface area contributed by atoms with Crippen molar-refractivity contribution in [2.45, 2.75) is 44.6 Å². The van der Waals surface area contributed by atoms with Crippen LogP contribution < -0.4 is 5.32 Å². The van der Waals surface area contributed by atoms with E-state index in [0.717, 1.165) is 25.7 Å². The zero-order valence-electron chi connectivity index (χ0n) is 11.8. The molecule has 4 heteroatoms. The van der Waals surface area contributed by atoms with Gasteiger partial charge in [0.1, 0.15) is 10.7 Å². The van der Waals surface area contributed by atoms with Gasteiger partial charge in [-0.25, -0.2) is 0 Å². The van der Waals surface area contributed by atoms with Crippen LogP contribution in [-0.2, 0) is 0 Å². The Bertz CT molecular complexity index is 613. The van der Waals surface area contributed by atoms with Crippen molar-refractivity contribution < 1.29 is 9.59 Å². The molecule has 3 nitrogen and oxygen atoms in total. The highest BCUT2D eigenvalue weighted by Gasteiger charge is 2.32. The number of rotatable bonds is 2. The minimum atomic E-state index is -0.261. The molecular formula is C17H18ClNO2. The van der Waals surface area contributed by atoms with Gasteiger partial charge in [-0.3, -0.25) is 9.59 Å². The van der Waals surface area contributed by atoms with Crippen molar-refractivity contribution in [3.63, 3.8) is 0 Å². The van der Waals surface area contributed by atoms with Crippen molar-refractivity contribution >= 4 is 23.2 Å². The number of hydrogen-bond acceptors (Lipinski definition) is 3. The minimum absolute atomic E-state index is 0.0305. The van der Waals surface area contributed by atoms with Gasteiger partial charge < -0.3 is 5.32 Å². The van der Waals surface area contributed by atoms with Gasteiger partial charge in [0.05, 0.1) is 0 Å². The molecule has 1 aromatic rings. The normalized spacial score (nSPS) is 20.2. The topological polar surface area (TPSA) is 46.2 Å². The summed E-state index contributed by atoms with van der Waals surface area (Å²) in [6.07, 6.45) is 6.83. The molecule has 1 aromatic carbocycles. The maximum atomic E-state index is 12.6. The number of carbonyl (C=O) groups is 2. The van der Waals surface area contributed by atoms with E-state index in [1.807, 2.05) is 0 Å². The highest BCUT2D eigenvalue weighted by molar-refractivity contribution is 6.49. The minimum Gasteiger partial charge on any atom is -0.378 e. The molecule has 0 heterocycles. The largest absolute Gasteiger partial charge is 0.378 e. The molecule has 0 aliphatic heterocycles. The highest BCUT2D eigenvalue weighted by Crippen LogP contribution is 2.28. The standard InChI is InChI=1S/C17H18ClNO2/c18-14-15(19-11-7-3-1-2-4-8-11)17(21)13-10-6-5-9-12(13)16(14)20/h5-6,9-11,19H,1-4,7-8H2. The third kappa shape index (κ3) is 2.75. The number of nitrogens with one attached hydrogen (secondary N) is 1. The summed E-state index contributed by atoms with van der Waals surface area (Å²) in [4.78, 5) is 24.9. The number of Topliss-reactive ketones (excluding diaryl/α,β-unsaturated/α-hetero) is 2. The molecule has 2 aliphatic rings. The van der Waals surface area contributed by atoms with E-state index in [-0.39, 0.29) is 28.3 Å². The van der Waals surface area contributed by atoms with Crippen molar-refractivity contribution in [2.24, 2.45) is 0 Å².